The number of carbonyl (C=O) groups excluding carboxylic acids is 1. The van der Waals surface area contributed by atoms with Gasteiger partial charge in [0.1, 0.15) is 10.7 Å². The second kappa shape index (κ2) is 4.36. The first-order chi connectivity index (χ1) is 7.21. The Kier molecular flexibility index (Phi) is 3.51. The lowest BCUT2D eigenvalue weighted by Gasteiger charge is -2.07. The number of benzene rings is 1. The molecule has 0 fully saturated rings. The van der Waals surface area contributed by atoms with E-state index in [1.54, 1.807) is 0 Å². The zero-order valence-corrected chi connectivity index (χ0v) is 9.69. The number of nitrogens with two attached hydrogens (primary N) is 1. The van der Waals surface area contributed by atoms with Crippen LogP contribution in [0.2, 0.25) is 5.02 Å². The maximum atomic E-state index is 13.3. The molecule has 0 spiro atoms. The highest BCUT2D eigenvalue weighted by Gasteiger charge is 2.17. The van der Waals surface area contributed by atoms with Gasteiger partial charge in [-0.2, -0.15) is 0 Å². The Morgan fingerprint density at radius 3 is 2.50 bits per heavy atom. The summed E-state index contributed by atoms with van der Waals surface area (Å²) in [4.78, 5) is 10.0. The SMILES string of the molecule is CC(=O)Nc1cc(F)c(S(N)(=O)=O)cc1Cl. The van der Waals surface area contributed by atoms with Crippen molar-refractivity contribution in [3.8, 4) is 0 Å². The van der Waals surface area contributed by atoms with Gasteiger partial charge in [0.05, 0.1) is 10.7 Å². The lowest BCUT2D eigenvalue weighted by atomic mass is 10.3. The minimum Gasteiger partial charge on any atom is -0.325 e. The van der Waals surface area contributed by atoms with Crippen LogP contribution in [0, 0.1) is 5.82 Å². The van der Waals surface area contributed by atoms with Crippen LogP contribution < -0.4 is 10.5 Å². The molecular weight excluding hydrogens is 259 g/mol. The Balaban J connectivity index is 3.33. The molecule has 1 aromatic carbocycles. The lowest BCUT2D eigenvalue weighted by molar-refractivity contribution is -0.114. The molecule has 0 bridgehead atoms. The van der Waals surface area contributed by atoms with Crippen molar-refractivity contribution >= 4 is 33.2 Å². The predicted octanol–water partition coefficient (Wildman–Crippen LogP) is 1.08. The van der Waals surface area contributed by atoms with E-state index in [0.717, 1.165) is 12.1 Å². The van der Waals surface area contributed by atoms with E-state index in [4.69, 9.17) is 16.7 Å². The van der Waals surface area contributed by atoms with Gasteiger partial charge in [-0.3, -0.25) is 4.79 Å². The third kappa shape index (κ3) is 2.91. The highest BCUT2D eigenvalue weighted by Crippen LogP contribution is 2.27. The summed E-state index contributed by atoms with van der Waals surface area (Å²) in [5.41, 5.74) is -0.0148. The van der Waals surface area contributed by atoms with Crippen LogP contribution in [0.15, 0.2) is 17.0 Å². The van der Waals surface area contributed by atoms with Crippen molar-refractivity contribution in [3.05, 3.63) is 23.0 Å². The molecule has 0 atom stereocenters. The minimum atomic E-state index is -4.17. The van der Waals surface area contributed by atoms with E-state index in [1.807, 2.05) is 0 Å². The number of sulfonamides is 1. The number of anilines is 1. The molecule has 5 nitrogen and oxygen atoms in total. The summed E-state index contributed by atoms with van der Waals surface area (Å²) in [5, 5.41) is 6.90. The summed E-state index contributed by atoms with van der Waals surface area (Å²) in [6, 6.07) is 1.64. The van der Waals surface area contributed by atoms with Crippen LogP contribution in [-0.2, 0) is 14.8 Å². The maximum Gasteiger partial charge on any atom is 0.241 e. The average Bonchev–Trinajstić information content (AvgIpc) is 2.07. The quantitative estimate of drug-likeness (QED) is 0.839. The summed E-state index contributed by atoms with van der Waals surface area (Å²) in [6.45, 7) is 1.21. The summed E-state index contributed by atoms with van der Waals surface area (Å²) in [6.07, 6.45) is 0. The van der Waals surface area contributed by atoms with E-state index in [9.17, 15) is 17.6 Å². The third-order valence-corrected chi connectivity index (χ3v) is 2.88. The van der Waals surface area contributed by atoms with Crippen LogP contribution in [-0.4, -0.2) is 14.3 Å². The van der Waals surface area contributed by atoms with E-state index in [0.29, 0.717) is 0 Å². The number of nitrogens with one attached hydrogen (secondary N) is 1. The fourth-order valence-corrected chi connectivity index (χ4v) is 1.92. The van der Waals surface area contributed by atoms with Gasteiger partial charge in [0.25, 0.3) is 0 Å². The molecule has 1 amide bonds. The normalized spacial score (nSPS) is 11.2. The van der Waals surface area contributed by atoms with E-state index >= 15 is 0 Å². The van der Waals surface area contributed by atoms with Gasteiger partial charge in [-0.1, -0.05) is 11.6 Å². The average molecular weight is 267 g/mol. The van der Waals surface area contributed by atoms with Crippen LogP contribution >= 0.6 is 11.6 Å². The number of rotatable bonds is 2. The van der Waals surface area contributed by atoms with Crippen molar-refractivity contribution in [3.63, 3.8) is 0 Å². The first-order valence-corrected chi connectivity index (χ1v) is 5.93. The van der Waals surface area contributed by atoms with Crippen LogP contribution in [0.5, 0.6) is 0 Å². The Hall–Kier alpha value is -1.18. The van der Waals surface area contributed by atoms with Crippen LogP contribution in [0.25, 0.3) is 0 Å². The third-order valence-electron chi connectivity index (χ3n) is 1.64. The molecule has 16 heavy (non-hydrogen) atoms. The van der Waals surface area contributed by atoms with Gasteiger partial charge in [-0.25, -0.2) is 17.9 Å². The molecule has 0 aromatic heterocycles. The van der Waals surface area contributed by atoms with Crippen molar-refractivity contribution in [1.82, 2.24) is 0 Å². The van der Waals surface area contributed by atoms with E-state index in [-0.39, 0.29) is 10.7 Å². The molecular formula is C8H8ClFN2O3S. The monoisotopic (exact) mass is 266 g/mol. The number of hydrogen-bond donors (Lipinski definition) is 2. The van der Waals surface area contributed by atoms with Gasteiger partial charge in [0.15, 0.2) is 0 Å². The molecule has 8 heteroatoms. The van der Waals surface area contributed by atoms with Gasteiger partial charge in [0.2, 0.25) is 15.9 Å². The Bertz CT molecular complexity index is 544. The second-order valence-corrected chi connectivity index (χ2v) is 4.93. The fourth-order valence-electron chi connectivity index (χ4n) is 1.03. The van der Waals surface area contributed by atoms with E-state index in [2.05, 4.69) is 5.32 Å². The van der Waals surface area contributed by atoms with Gasteiger partial charge in [-0.05, 0) is 6.07 Å². The topological polar surface area (TPSA) is 89.3 Å². The highest BCUT2D eigenvalue weighted by molar-refractivity contribution is 7.89. The highest BCUT2D eigenvalue weighted by atomic mass is 35.5. The van der Waals surface area contributed by atoms with Crippen molar-refractivity contribution in [2.24, 2.45) is 5.14 Å². The standard InChI is InChI=1S/C8H8ClFN2O3S/c1-4(13)12-7-3-6(10)8(2-5(7)9)16(11,14)15/h2-3H,1H3,(H,12,13)(H2,11,14,15). The van der Waals surface area contributed by atoms with Gasteiger partial charge >= 0.3 is 0 Å². The molecule has 3 N–H and O–H groups in total. The molecule has 1 aromatic rings. The largest absolute Gasteiger partial charge is 0.325 e. The smallest absolute Gasteiger partial charge is 0.241 e. The first-order valence-electron chi connectivity index (χ1n) is 4.01. The first kappa shape index (κ1) is 12.9. The summed E-state index contributed by atoms with van der Waals surface area (Å²) >= 11 is 5.65. The molecule has 0 saturated heterocycles. The molecule has 0 heterocycles. The summed E-state index contributed by atoms with van der Waals surface area (Å²) < 4.78 is 35.2. The van der Waals surface area contributed by atoms with Crippen molar-refractivity contribution in [2.75, 3.05) is 5.32 Å². The second-order valence-electron chi connectivity index (χ2n) is 2.99. The number of hydrogen-bond acceptors (Lipinski definition) is 3. The molecule has 0 unspecified atom stereocenters. The van der Waals surface area contributed by atoms with Crippen molar-refractivity contribution in [2.45, 2.75) is 11.8 Å². The molecule has 0 aliphatic rings. The van der Waals surface area contributed by atoms with Crippen LogP contribution in [0.4, 0.5) is 10.1 Å². The lowest BCUT2D eigenvalue weighted by Crippen LogP contribution is -2.15. The molecule has 0 radical (unpaired) electrons. The Morgan fingerprint density at radius 1 is 1.50 bits per heavy atom. The maximum absolute atomic E-state index is 13.3. The van der Waals surface area contributed by atoms with Crippen LogP contribution in [0.1, 0.15) is 6.92 Å². The number of primary sulfonamides is 1. The van der Waals surface area contributed by atoms with Crippen LogP contribution in [0.3, 0.4) is 0 Å². The van der Waals surface area contributed by atoms with Crippen molar-refractivity contribution < 1.29 is 17.6 Å². The zero-order valence-electron chi connectivity index (χ0n) is 8.12. The number of carbonyl (C=O) groups is 1. The minimum absolute atomic E-state index is 0.0148. The number of halogens is 2. The van der Waals surface area contributed by atoms with Gasteiger partial charge < -0.3 is 5.32 Å². The molecule has 1 rings (SSSR count). The Morgan fingerprint density at radius 2 is 2.06 bits per heavy atom. The molecule has 0 aliphatic heterocycles. The van der Waals surface area contributed by atoms with Gasteiger partial charge in [0, 0.05) is 13.0 Å². The predicted molar refractivity (Wildman–Crippen MR) is 57.1 cm³/mol. The van der Waals surface area contributed by atoms with Gasteiger partial charge in [-0.15, -0.1) is 0 Å². The fraction of sp³-hybridized carbons (Fsp3) is 0.125. The molecule has 0 saturated carbocycles. The van der Waals surface area contributed by atoms with Crippen molar-refractivity contribution in [1.29, 1.82) is 0 Å². The summed E-state index contributed by atoms with van der Waals surface area (Å²) in [7, 11) is -4.17. The van der Waals surface area contributed by atoms with E-state index in [1.165, 1.54) is 6.92 Å². The number of amides is 1. The summed E-state index contributed by atoms with van der Waals surface area (Å²) in [5.74, 6) is -1.53. The zero-order chi connectivity index (χ0) is 12.5. The van der Waals surface area contributed by atoms with E-state index < -0.39 is 26.6 Å². The molecule has 88 valence electrons. The Labute approximate surface area is 96.4 Å². The molecule has 0 aliphatic carbocycles.